The minimum absolute atomic E-state index is 0.0116. The van der Waals surface area contributed by atoms with Crippen molar-refractivity contribution in [2.45, 2.75) is 52.1 Å². The van der Waals surface area contributed by atoms with Gasteiger partial charge in [0.25, 0.3) is 5.91 Å². The molecule has 1 aliphatic heterocycles. The third-order valence-electron chi connectivity index (χ3n) is 4.22. The van der Waals surface area contributed by atoms with E-state index < -0.39 is 5.60 Å². The van der Waals surface area contributed by atoms with Crippen LogP contribution < -0.4 is 0 Å². The SMILES string of the molecule is CCCc1nc(C(=O)N2CC[C@](C)(O)[C@H](CC)C2)cs1. The van der Waals surface area contributed by atoms with Crippen molar-refractivity contribution in [2.24, 2.45) is 5.92 Å². The summed E-state index contributed by atoms with van der Waals surface area (Å²) in [4.78, 5) is 18.7. The van der Waals surface area contributed by atoms with Crippen molar-refractivity contribution in [1.82, 2.24) is 9.88 Å². The molecule has 1 aliphatic rings. The van der Waals surface area contributed by atoms with E-state index in [1.165, 1.54) is 0 Å². The lowest BCUT2D eigenvalue weighted by Crippen LogP contribution is -2.51. The molecule has 5 heteroatoms. The molecule has 2 atom stereocenters. The van der Waals surface area contributed by atoms with Crippen molar-refractivity contribution >= 4 is 17.2 Å². The van der Waals surface area contributed by atoms with E-state index in [0.717, 1.165) is 24.3 Å². The number of hydrogen-bond donors (Lipinski definition) is 1. The third kappa shape index (κ3) is 3.20. The van der Waals surface area contributed by atoms with Gasteiger partial charge in [0.1, 0.15) is 5.69 Å². The Bertz CT molecular complexity index is 470. The summed E-state index contributed by atoms with van der Waals surface area (Å²) in [5.74, 6) is 0.159. The number of aliphatic hydroxyl groups is 1. The average molecular weight is 296 g/mol. The molecule has 0 aliphatic carbocycles. The second kappa shape index (κ2) is 6.22. The number of aryl methyl sites for hydroxylation is 1. The number of piperidine rings is 1. The van der Waals surface area contributed by atoms with Gasteiger partial charge in [-0.2, -0.15) is 0 Å². The van der Waals surface area contributed by atoms with Gasteiger partial charge in [0.15, 0.2) is 0 Å². The number of carbonyl (C=O) groups excluding carboxylic acids is 1. The molecular weight excluding hydrogens is 272 g/mol. The number of rotatable bonds is 4. The van der Waals surface area contributed by atoms with Gasteiger partial charge in [-0.05, 0) is 32.6 Å². The number of aromatic nitrogens is 1. The van der Waals surface area contributed by atoms with Crippen LogP contribution in [0.2, 0.25) is 0 Å². The monoisotopic (exact) mass is 296 g/mol. The van der Waals surface area contributed by atoms with E-state index in [-0.39, 0.29) is 11.8 Å². The summed E-state index contributed by atoms with van der Waals surface area (Å²) in [6.45, 7) is 7.30. The van der Waals surface area contributed by atoms with Gasteiger partial charge in [0, 0.05) is 24.4 Å². The van der Waals surface area contributed by atoms with Crippen molar-refractivity contribution in [3.63, 3.8) is 0 Å². The Kier molecular flexibility index (Phi) is 4.81. The molecule has 2 rings (SSSR count). The predicted octanol–water partition coefficient (Wildman–Crippen LogP) is 2.72. The Morgan fingerprint density at radius 3 is 3.00 bits per heavy atom. The quantitative estimate of drug-likeness (QED) is 0.929. The van der Waals surface area contributed by atoms with Crippen molar-refractivity contribution in [3.05, 3.63) is 16.1 Å². The molecule has 112 valence electrons. The molecule has 4 nitrogen and oxygen atoms in total. The summed E-state index contributed by atoms with van der Waals surface area (Å²) in [7, 11) is 0. The van der Waals surface area contributed by atoms with Crippen LogP contribution >= 0.6 is 11.3 Å². The molecule has 0 spiro atoms. The highest BCUT2D eigenvalue weighted by molar-refractivity contribution is 7.09. The van der Waals surface area contributed by atoms with Crippen LogP contribution in [0.4, 0.5) is 0 Å². The van der Waals surface area contributed by atoms with Crippen LogP contribution in [-0.4, -0.2) is 39.6 Å². The Morgan fingerprint density at radius 2 is 2.35 bits per heavy atom. The number of hydrogen-bond acceptors (Lipinski definition) is 4. The molecule has 0 aromatic carbocycles. The van der Waals surface area contributed by atoms with Crippen LogP contribution in [0, 0.1) is 5.92 Å². The van der Waals surface area contributed by atoms with Crippen LogP contribution in [0.25, 0.3) is 0 Å². The fourth-order valence-corrected chi connectivity index (χ4v) is 3.65. The average Bonchev–Trinajstić information content (AvgIpc) is 2.87. The number of likely N-dealkylation sites (tertiary alicyclic amines) is 1. The Morgan fingerprint density at radius 1 is 1.60 bits per heavy atom. The number of carbonyl (C=O) groups is 1. The van der Waals surface area contributed by atoms with E-state index in [1.54, 1.807) is 11.3 Å². The van der Waals surface area contributed by atoms with Crippen LogP contribution in [0.3, 0.4) is 0 Å². The fraction of sp³-hybridized carbons (Fsp3) is 0.733. The first-order valence-corrected chi connectivity index (χ1v) is 8.32. The van der Waals surface area contributed by atoms with E-state index in [9.17, 15) is 9.90 Å². The van der Waals surface area contributed by atoms with E-state index in [0.29, 0.717) is 25.2 Å². The van der Waals surface area contributed by atoms with Gasteiger partial charge in [-0.1, -0.05) is 13.8 Å². The fourth-order valence-electron chi connectivity index (χ4n) is 2.77. The lowest BCUT2D eigenvalue weighted by molar-refractivity contribution is -0.0522. The van der Waals surface area contributed by atoms with Crippen molar-refractivity contribution in [3.8, 4) is 0 Å². The van der Waals surface area contributed by atoms with Gasteiger partial charge >= 0.3 is 0 Å². The molecule has 1 N–H and O–H groups in total. The molecule has 0 radical (unpaired) electrons. The Hall–Kier alpha value is -0.940. The summed E-state index contributed by atoms with van der Waals surface area (Å²) in [5, 5.41) is 13.2. The normalized spacial score (nSPS) is 26.8. The number of amides is 1. The van der Waals surface area contributed by atoms with Gasteiger partial charge < -0.3 is 10.0 Å². The zero-order valence-corrected chi connectivity index (χ0v) is 13.4. The molecule has 1 amide bonds. The van der Waals surface area contributed by atoms with E-state index >= 15 is 0 Å². The zero-order chi connectivity index (χ0) is 14.8. The number of nitrogens with zero attached hydrogens (tertiary/aromatic N) is 2. The number of thiazole rings is 1. The van der Waals surface area contributed by atoms with Gasteiger partial charge in [-0.3, -0.25) is 4.79 Å². The second-order valence-corrected chi connectivity index (χ2v) is 6.78. The lowest BCUT2D eigenvalue weighted by Gasteiger charge is -2.42. The van der Waals surface area contributed by atoms with Gasteiger partial charge in [-0.15, -0.1) is 11.3 Å². The van der Waals surface area contributed by atoms with Crippen molar-refractivity contribution < 1.29 is 9.90 Å². The highest BCUT2D eigenvalue weighted by Crippen LogP contribution is 2.30. The second-order valence-electron chi connectivity index (χ2n) is 5.84. The maximum atomic E-state index is 12.5. The maximum absolute atomic E-state index is 12.5. The van der Waals surface area contributed by atoms with Crippen molar-refractivity contribution in [2.75, 3.05) is 13.1 Å². The highest BCUT2D eigenvalue weighted by Gasteiger charge is 2.38. The molecule has 0 bridgehead atoms. The zero-order valence-electron chi connectivity index (χ0n) is 12.6. The van der Waals surface area contributed by atoms with Gasteiger partial charge in [0.2, 0.25) is 0 Å². The standard InChI is InChI=1S/C15H24N2O2S/c1-4-6-13-16-12(10-20-13)14(18)17-8-7-15(3,19)11(5-2)9-17/h10-11,19H,4-9H2,1-3H3/t11-,15+/m1/s1. The predicted molar refractivity (Wildman–Crippen MR) is 81.0 cm³/mol. The van der Waals surface area contributed by atoms with Gasteiger partial charge in [-0.25, -0.2) is 4.98 Å². The summed E-state index contributed by atoms with van der Waals surface area (Å²) in [6, 6.07) is 0. The molecule has 0 saturated carbocycles. The first kappa shape index (κ1) is 15.4. The molecule has 0 unspecified atom stereocenters. The van der Waals surface area contributed by atoms with Crippen LogP contribution in [0.5, 0.6) is 0 Å². The molecule has 1 aromatic heterocycles. The van der Waals surface area contributed by atoms with Crippen LogP contribution in [0.1, 0.15) is 55.5 Å². The topological polar surface area (TPSA) is 53.4 Å². The van der Waals surface area contributed by atoms with E-state index in [2.05, 4.69) is 18.8 Å². The van der Waals surface area contributed by atoms with Crippen LogP contribution in [0.15, 0.2) is 5.38 Å². The summed E-state index contributed by atoms with van der Waals surface area (Å²) in [5.41, 5.74) is -0.0871. The maximum Gasteiger partial charge on any atom is 0.273 e. The molecule has 1 fully saturated rings. The Labute approximate surface area is 124 Å². The minimum Gasteiger partial charge on any atom is -0.390 e. The largest absolute Gasteiger partial charge is 0.390 e. The molecule has 20 heavy (non-hydrogen) atoms. The lowest BCUT2D eigenvalue weighted by atomic mass is 9.81. The first-order valence-electron chi connectivity index (χ1n) is 7.44. The smallest absolute Gasteiger partial charge is 0.273 e. The third-order valence-corrected chi connectivity index (χ3v) is 5.13. The summed E-state index contributed by atoms with van der Waals surface area (Å²) < 4.78 is 0. The van der Waals surface area contributed by atoms with Gasteiger partial charge in [0.05, 0.1) is 10.6 Å². The molecule has 1 saturated heterocycles. The summed E-state index contributed by atoms with van der Waals surface area (Å²) in [6.07, 6.45) is 3.51. The summed E-state index contributed by atoms with van der Waals surface area (Å²) >= 11 is 1.56. The van der Waals surface area contributed by atoms with Crippen molar-refractivity contribution in [1.29, 1.82) is 0 Å². The first-order chi connectivity index (χ1) is 9.47. The Balaban J connectivity index is 2.05. The van der Waals surface area contributed by atoms with Crippen LogP contribution in [-0.2, 0) is 6.42 Å². The van der Waals surface area contributed by atoms with E-state index in [4.69, 9.17) is 0 Å². The molecule has 2 heterocycles. The molecule has 1 aromatic rings. The van der Waals surface area contributed by atoms with E-state index in [1.807, 2.05) is 17.2 Å². The molecular formula is C15H24N2O2S. The highest BCUT2D eigenvalue weighted by atomic mass is 32.1. The minimum atomic E-state index is -0.652.